The second-order valence-corrected chi connectivity index (χ2v) is 7.77. The van der Waals surface area contributed by atoms with Crippen LogP contribution in [0.2, 0.25) is 4.34 Å². The van der Waals surface area contributed by atoms with Crippen LogP contribution in [0.5, 0.6) is 11.5 Å². The number of nitrogens with zero attached hydrogens (tertiary/aromatic N) is 1. The number of benzene rings is 1. The average molecular weight is 441 g/mol. The largest absolute Gasteiger partial charge is 0.493 e. The first-order chi connectivity index (χ1) is 13.7. The minimum atomic E-state index is -0.782. The van der Waals surface area contributed by atoms with Crippen LogP contribution in [0.1, 0.15) is 22.2 Å². The zero-order valence-corrected chi connectivity index (χ0v) is 18.0. The third-order valence-electron chi connectivity index (χ3n) is 3.83. The molecule has 29 heavy (non-hydrogen) atoms. The summed E-state index contributed by atoms with van der Waals surface area (Å²) < 4.78 is 16.2. The van der Waals surface area contributed by atoms with Crippen LogP contribution in [0.4, 0.5) is 5.69 Å². The van der Waals surface area contributed by atoms with Crippen LogP contribution < -0.4 is 14.8 Å². The Morgan fingerprint density at radius 1 is 1.14 bits per heavy atom. The number of anilines is 1. The van der Waals surface area contributed by atoms with Gasteiger partial charge in [0.25, 0.3) is 5.91 Å². The maximum Gasteiger partial charge on any atom is 0.340 e. The number of thiophene rings is 1. The van der Waals surface area contributed by atoms with Crippen molar-refractivity contribution in [1.29, 1.82) is 0 Å². The van der Waals surface area contributed by atoms with E-state index < -0.39 is 12.6 Å². The van der Waals surface area contributed by atoms with Crippen molar-refractivity contribution >= 4 is 46.4 Å². The zero-order valence-electron chi connectivity index (χ0n) is 16.4. The molecule has 156 valence electrons. The number of ether oxygens (including phenoxy) is 3. The molecular weight excluding hydrogens is 420 g/mol. The molecule has 0 unspecified atom stereocenters. The first-order valence-electron chi connectivity index (χ1n) is 8.44. The second-order valence-electron chi connectivity index (χ2n) is 5.97. The molecule has 0 fully saturated rings. The molecule has 0 saturated heterocycles. The molecule has 10 heteroatoms. The monoisotopic (exact) mass is 440 g/mol. The Kier molecular flexibility index (Phi) is 7.86. The number of hydrogen-bond donors (Lipinski definition) is 1. The highest BCUT2D eigenvalue weighted by Crippen LogP contribution is 2.33. The summed E-state index contributed by atoms with van der Waals surface area (Å²) in [4.78, 5) is 38.6. The van der Waals surface area contributed by atoms with Gasteiger partial charge < -0.3 is 24.4 Å². The average Bonchev–Trinajstić information content (AvgIpc) is 3.09. The fourth-order valence-electron chi connectivity index (χ4n) is 2.41. The SMILES string of the molecule is COc1cc(NC(C)=O)c(C(=O)OCC(=O)N(C)Cc2ccc(Cl)s2)cc1OC. The number of carbonyl (C=O) groups is 3. The highest BCUT2D eigenvalue weighted by Gasteiger charge is 2.21. The lowest BCUT2D eigenvalue weighted by atomic mass is 10.1. The Morgan fingerprint density at radius 2 is 1.79 bits per heavy atom. The standard InChI is InChI=1S/C19H21ClN2O6S/c1-11(23)21-14-8-16(27-4)15(26-3)7-13(14)19(25)28-10-18(24)22(2)9-12-5-6-17(20)29-12/h5-8H,9-10H2,1-4H3,(H,21,23). The number of methoxy groups -OCH3 is 2. The van der Waals surface area contributed by atoms with E-state index in [4.69, 9.17) is 25.8 Å². The van der Waals surface area contributed by atoms with Gasteiger partial charge in [-0.2, -0.15) is 0 Å². The van der Waals surface area contributed by atoms with Crippen LogP contribution in [-0.4, -0.2) is 50.6 Å². The van der Waals surface area contributed by atoms with Crippen LogP contribution in [0, 0.1) is 0 Å². The summed E-state index contributed by atoms with van der Waals surface area (Å²) in [6.45, 7) is 1.20. The highest BCUT2D eigenvalue weighted by atomic mass is 35.5. The van der Waals surface area contributed by atoms with Gasteiger partial charge in [-0.05, 0) is 12.1 Å². The molecule has 1 N–H and O–H groups in total. The molecule has 0 aliphatic heterocycles. The molecule has 0 aliphatic carbocycles. The van der Waals surface area contributed by atoms with Gasteiger partial charge in [-0.25, -0.2) is 4.79 Å². The van der Waals surface area contributed by atoms with Gasteiger partial charge in [-0.1, -0.05) is 11.6 Å². The lowest BCUT2D eigenvalue weighted by Crippen LogP contribution is -2.30. The third-order valence-corrected chi connectivity index (χ3v) is 5.04. The summed E-state index contributed by atoms with van der Waals surface area (Å²) in [6.07, 6.45) is 0. The maximum absolute atomic E-state index is 12.5. The predicted octanol–water partition coefficient (Wildman–Crippen LogP) is 3.19. The van der Waals surface area contributed by atoms with Crippen molar-refractivity contribution in [2.75, 3.05) is 33.2 Å². The Morgan fingerprint density at radius 3 is 2.34 bits per heavy atom. The number of esters is 1. The molecule has 0 atom stereocenters. The van der Waals surface area contributed by atoms with E-state index in [1.807, 2.05) is 6.07 Å². The fourth-order valence-corrected chi connectivity index (χ4v) is 3.56. The Balaban J connectivity index is 2.10. The maximum atomic E-state index is 12.5. The molecule has 0 spiro atoms. The molecule has 1 aromatic carbocycles. The first kappa shape index (κ1) is 22.5. The lowest BCUT2D eigenvalue weighted by molar-refractivity contribution is -0.133. The van der Waals surface area contributed by atoms with Crippen LogP contribution >= 0.6 is 22.9 Å². The van der Waals surface area contributed by atoms with Crippen molar-refractivity contribution in [2.45, 2.75) is 13.5 Å². The topological polar surface area (TPSA) is 94.2 Å². The van der Waals surface area contributed by atoms with Crippen LogP contribution in [0.3, 0.4) is 0 Å². The summed E-state index contributed by atoms with van der Waals surface area (Å²) in [7, 11) is 4.45. The van der Waals surface area contributed by atoms with E-state index in [0.717, 1.165) is 4.88 Å². The Labute approximate surface area is 177 Å². The number of nitrogens with one attached hydrogen (secondary N) is 1. The van der Waals surface area contributed by atoms with Crippen molar-refractivity contribution < 1.29 is 28.6 Å². The molecule has 0 radical (unpaired) electrons. The minimum absolute atomic E-state index is 0.0401. The van der Waals surface area contributed by atoms with Gasteiger partial charge in [0.05, 0.1) is 36.4 Å². The number of carbonyl (C=O) groups excluding carboxylic acids is 3. The molecule has 1 heterocycles. The van der Waals surface area contributed by atoms with Gasteiger partial charge in [-0.3, -0.25) is 9.59 Å². The summed E-state index contributed by atoms with van der Waals surface area (Å²) in [5.74, 6) is -0.929. The number of hydrogen-bond acceptors (Lipinski definition) is 7. The fraction of sp³-hybridized carbons (Fsp3) is 0.316. The van der Waals surface area contributed by atoms with Gasteiger partial charge in [0.15, 0.2) is 18.1 Å². The highest BCUT2D eigenvalue weighted by molar-refractivity contribution is 7.16. The zero-order chi connectivity index (χ0) is 21.6. The van der Waals surface area contributed by atoms with E-state index in [1.54, 1.807) is 13.1 Å². The van der Waals surface area contributed by atoms with Crippen molar-refractivity contribution in [1.82, 2.24) is 4.90 Å². The van der Waals surface area contributed by atoms with E-state index in [0.29, 0.717) is 16.6 Å². The Bertz CT molecular complexity index is 914. The molecule has 0 saturated carbocycles. The number of rotatable bonds is 8. The third kappa shape index (κ3) is 6.10. The summed E-state index contributed by atoms with van der Waals surface area (Å²) >= 11 is 7.26. The summed E-state index contributed by atoms with van der Waals surface area (Å²) in [6, 6.07) is 6.41. The molecule has 2 aromatic rings. The van der Waals surface area contributed by atoms with E-state index in [-0.39, 0.29) is 28.8 Å². The molecule has 8 nitrogen and oxygen atoms in total. The van der Waals surface area contributed by atoms with Crippen LogP contribution in [-0.2, 0) is 20.9 Å². The second kappa shape index (κ2) is 10.1. The van der Waals surface area contributed by atoms with Gasteiger partial charge in [-0.15, -0.1) is 11.3 Å². The van der Waals surface area contributed by atoms with Gasteiger partial charge in [0.1, 0.15) is 0 Å². The van der Waals surface area contributed by atoms with Gasteiger partial charge in [0, 0.05) is 31.0 Å². The van der Waals surface area contributed by atoms with Gasteiger partial charge in [0.2, 0.25) is 5.91 Å². The van der Waals surface area contributed by atoms with Crippen LogP contribution in [0.15, 0.2) is 24.3 Å². The number of likely N-dealkylation sites (N-methyl/N-ethyl adjacent to an activating group) is 1. The van der Waals surface area contributed by atoms with Crippen molar-refractivity contribution in [3.05, 3.63) is 39.0 Å². The molecule has 0 bridgehead atoms. The van der Waals surface area contributed by atoms with Crippen molar-refractivity contribution in [3.8, 4) is 11.5 Å². The Hall–Kier alpha value is -2.78. The lowest BCUT2D eigenvalue weighted by Gasteiger charge is -2.17. The van der Waals surface area contributed by atoms with Crippen molar-refractivity contribution in [2.24, 2.45) is 0 Å². The quantitative estimate of drug-likeness (QED) is 0.633. The normalized spacial score (nSPS) is 10.2. The molecule has 2 rings (SSSR count). The molecule has 1 aromatic heterocycles. The van der Waals surface area contributed by atoms with E-state index in [9.17, 15) is 14.4 Å². The molecular formula is C19H21ClN2O6S. The van der Waals surface area contributed by atoms with Gasteiger partial charge >= 0.3 is 5.97 Å². The van der Waals surface area contributed by atoms with E-state index in [2.05, 4.69) is 5.32 Å². The predicted molar refractivity (Wildman–Crippen MR) is 110 cm³/mol. The summed E-state index contributed by atoms with van der Waals surface area (Å²) in [5.41, 5.74) is 0.229. The van der Waals surface area contributed by atoms with E-state index in [1.165, 1.54) is 49.5 Å². The number of halogens is 1. The molecule has 2 amide bonds. The summed E-state index contributed by atoms with van der Waals surface area (Å²) in [5, 5.41) is 2.54. The smallest absolute Gasteiger partial charge is 0.340 e. The number of amides is 2. The van der Waals surface area contributed by atoms with E-state index >= 15 is 0 Å². The minimum Gasteiger partial charge on any atom is -0.493 e. The molecule has 0 aliphatic rings. The van der Waals surface area contributed by atoms with Crippen LogP contribution in [0.25, 0.3) is 0 Å². The first-order valence-corrected chi connectivity index (χ1v) is 9.63. The van der Waals surface area contributed by atoms with Crippen molar-refractivity contribution in [3.63, 3.8) is 0 Å².